The molecular weight excluding hydrogens is 204 g/mol. The average molecular weight is 220 g/mol. The lowest BCUT2D eigenvalue weighted by atomic mass is 10.1. The highest BCUT2D eigenvalue weighted by atomic mass is 16.5. The molecule has 1 saturated heterocycles. The molecule has 4 nitrogen and oxygen atoms in total. The number of Topliss-reactive ketones (excluding diaryl/α,β-unsaturated/α-hetero) is 1. The van der Waals surface area contributed by atoms with Gasteiger partial charge in [0.05, 0.1) is 7.11 Å². The summed E-state index contributed by atoms with van der Waals surface area (Å²) in [6.07, 6.45) is 3.20. The van der Waals surface area contributed by atoms with Crippen LogP contribution in [0.1, 0.15) is 18.4 Å². The van der Waals surface area contributed by atoms with Crippen LogP contribution >= 0.6 is 0 Å². The number of carbonyl (C=O) groups excluding carboxylic acids is 1. The van der Waals surface area contributed by atoms with E-state index in [4.69, 9.17) is 4.74 Å². The molecule has 2 rings (SSSR count). The number of hydrogen-bond acceptors (Lipinski definition) is 4. The summed E-state index contributed by atoms with van der Waals surface area (Å²) in [5.74, 6) is 1.02. The van der Waals surface area contributed by atoms with Crippen LogP contribution in [-0.2, 0) is 11.3 Å². The van der Waals surface area contributed by atoms with Crippen molar-refractivity contribution >= 4 is 5.78 Å². The van der Waals surface area contributed by atoms with E-state index in [9.17, 15) is 4.79 Å². The van der Waals surface area contributed by atoms with Gasteiger partial charge >= 0.3 is 0 Å². The Bertz CT molecular complexity index is 352. The highest BCUT2D eigenvalue weighted by Gasteiger charge is 2.15. The van der Waals surface area contributed by atoms with Crippen molar-refractivity contribution in [1.29, 1.82) is 0 Å². The van der Waals surface area contributed by atoms with Gasteiger partial charge in [0.25, 0.3) is 0 Å². The van der Waals surface area contributed by atoms with Crippen LogP contribution in [0.5, 0.6) is 5.88 Å². The van der Waals surface area contributed by atoms with Crippen molar-refractivity contribution < 1.29 is 9.53 Å². The third-order valence-electron chi connectivity index (χ3n) is 2.83. The molecule has 16 heavy (non-hydrogen) atoms. The maximum absolute atomic E-state index is 11.1. The van der Waals surface area contributed by atoms with Gasteiger partial charge in [-0.05, 0) is 5.56 Å². The van der Waals surface area contributed by atoms with E-state index in [1.165, 1.54) is 0 Å². The zero-order valence-electron chi connectivity index (χ0n) is 9.48. The summed E-state index contributed by atoms with van der Waals surface area (Å²) < 4.78 is 5.00. The number of likely N-dealkylation sites (tertiary alicyclic amines) is 1. The number of nitrogens with zero attached hydrogens (tertiary/aromatic N) is 2. The quantitative estimate of drug-likeness (QED) is 0.769. The number of carbonyl (C=O) groups is 1. The lowest BCUT2D eigenvalue weighted by Gasteiger charge is -2.25. The molecule has 1 aromatic rings. The van der Waals surface area contributed by atoms with Gasteiger partial charge in [-0.15, -0.1) is 0 Å². The van der Waals surface area contributed by atoms with Crippen LogP contribution in [0.2, 0.25) is 0 Å². The zero-order valence-corrected chi connectivity index (χ0v) is 9.48. The number of ether oxygens (including phenoxy) is 1. The molecule has 0 N–H and O–H groups in total. The first-order valence-electron chi connectivity index (χ1n) is 5.51. The van der Waals surface area contributed by atoms with Gasteiger partial charge in [0.15, 0.2) is 0 Å². The third-order valence-corrected chi connectivity index (χ3v) is 2.83. The molecule has 1 fully saturated rings. The predicted molar refractivity (Wildman–Crippen MR) is 60.3 cm³/mol. The molecule has 0 aromatic carbocycles. The molecule has 0 atom stereocenters. The Morgan fingerprint density at radius 2 is 2.12 bits per heavy atom. The van der Waals surface area contributed by atoms with Gasteiger partial charge in [0, 0.05) is 44.7 Å². The first-order valence-corrected chi connectivity index (χ1v) is 5.51. The second-order valence-electron chi connectivity index (χ2n) is 4.02. The van der Waals surface area contributed by atoms with Gasteiger partial charge in [-0.1, -0.05) is 6.07 Å². The van der Waals surface area contributed by atoms with E-state index in [1.807, 2.05) is 18.3 Å². The fourth-order valence-corrected chi connectivity index (χ4v) is 1.84. The number of methoxy groups -OCH3 is 1. The lowest BCUT2D eigenvalue weighted by molar-refractivity contribution is -0.121. The Morgan fingerprint density at radius 3 is 2.69 bits per heavy atom. The van der Waals surface area contributed by atoms with Crippen LogP contribution in [0.3, 0.4) is 0 Å². The summed E-state index contributed by atoms with van der Waals surface area (Å²) in [6.45, 7) is 2.60. The Kier molecular flexibility index (Phi) is 3.51. The molecule has 0 amide bonds. The molecular formula is C12H16N2O2. The smallest absolute Gasteiger partial charge is 0.212 e. The van der Waals surface area contributed by atoms with Crippen molar-refractivity contribution in [3.8, 4) is 5.88 Å². The maximum atomic E-state index is 11.1. The normalized spacial score (nSPS) is 17.4. The van der Waals surface area contributed by atoms with Crippen LogP contribution in [-0.4, -0.2) is 35.9 Å². The van der Waals surface area contributed by atoms with Crippen LogP contribution in [0, 0.1) is 0 Å². The summed E-state index contributed by atoms with van der Waals surface area (Å²) >= 11 is 0. The minimum atomic E-state index is 0.379. The van der Waals surface area contributed by atoms with Crippen molar-refractivity contribution in [2.24, 2.45) is 0 Å². The predicted octanol–water partition coefficient (Wildman–Crippen LogP) is 1.26. The highest BCUT2D eigenvalue weighted by molar-refractivity contribution is 5.79. The van der Waals surface area contributed by atoms with Crippen LogP contribution in [0.4, 0.5) is 0 Å². The molecule has 0 saturated carbocycles. The number of rotatable bonds is 3. The molecule has 4 heteroatoms. The van der Waals surface area contributed by atoms with Gasteiger partial charge in [-0.2, -0.15) is 0 Å². The summed E-state index contributed by atoms with van der Waals surface area (Å²) in [5, 5.41) is 0. The van der Waals surface area contributed by atoms with Crippen LogP contribution in [0.15, 0.2) is 18.3 Å². The SMILES string of the molecule is COc1ccc(CN2CCC(=O)CC2)cn1. The first kappa shape index (κ1) is 11.1. The molecule has 0 radical (unpaired) electrons. The van der Waals surface area contributed by atoms with Crippen molar-refractivity contribution in [3.05, 3.63) is 23.9 Å². The molecule has 2 heterocycles. The van der Waals surface area contributed by atoms with Gasteiger partial charge in [0.1, 0.15) is 5.78 Å². The van der Waals surface area contributed by atoms with E-state index in [2.05, 4.69) is 9.88 Å². The van der Waals surface area contributed by atoms with Gasteiger partial charge < -0.3 is 4.74 Å². The first-order chi connectivity index (χ1) is 7.78. The largest absolute Gasteiger partial charge is 0.481 e. The Morgan fingerprint density at radius 1 is 1.38 bits per heavy atom. The van der Waals surface area contributed by atoms with Gasteiger partial charge in [-0.25, -0.2) is 4.98 Å². The Labute approximate surface area is 95.2 Å². The van der Waals surface area contributed by atoms with E-state index in [0.717, 1.165) is 25.2 Å². The second-order valence-corrected chi connectivity index (χ2v) is 4.02. The topological polar surface area (TPSA) is 42.4 Å². The molecule has 0 unspecified atom stereocenters. The lowest BCUT2D eigenvalue weighted by Crippen LogP contribution is -2.33. The van der Waals surface area contributed by atoms with Crippen LogP contribution < -0.4 is 4.74 Å². The molecule has 1 aliphatic heterocycles. The monoisotopic (exact) mass is 220 g/mol. The molecule has 1 aromatic heterocycles. The van der Waals surface area contributed by atoms with E-state index >= 15 is 0 Å². The van der Waals surface area contributed by atoms with Crippen molar-refractivity contribution in [2.75, 3.05) is 20.2 Å². The number of hydrogen-bond donors (Lipinski definition) is 0. The summed E-state index contributed by atoms with van der Waals surface area (Å²) in [6, 6.07) is 3.88. The Balaban J connectivity index is 1.90. The highest BCUT2D eigenvalue weighted by Crippen LogP contribution is 2.12. The van der Waals surface area contributed by atoms with Crippen molar-refractivity contribution in [1.82, 2.24) is 9.88 Å². The van der Waals surface area contributed by atoms with E-state index in [1.54, 1.807) is 7.11 Å². The van der Waals surface area contributed by atoms with E-state index in [-0.39, 0.29) is 0 Å². The molecule has 86 valence electrons. The summed E-state index contributed by atoms with van der Waals surface area (Å²) in [5.41, 5.74) is 1.16. The Hall–Kier alpha value is -1.42. The molecule has 0 aliphatic carbocycles. The van der Waals surface area contributed by atoms with Crippen molar-refractivity contribution in [2.45, 2.75) is 19.4 Å². The van der Waals surface area contributed by atoms with Gasteiger partial charge in [-0.3, -0.25) is 9.69 Å². The minimum absolute atomic E-state index is 0.379. The fraction of sp³-hybridized carbons (Fsp3) is 0.500. The molecule has 0 bridgehead atoms. The fourth-order valence-electron chi connectivity index (χ4n) is 1.84. The minimum Gasteiger partial charge on any atom is -0.481 e. The number of aromatic nitrogens is 1. The maximum Gasteiger partial charge on any atom is 0.212 e. The second kappa shape index (κ2) is 5.07. The number of piperidine rings is 1. The van der Waals surface area contributed by atoms with E-state index < -0.39 is 0 Å². The van der Waals surface area contributed by atoms with Crippen molar-refractivity contribution in [3.63, 3.8) is 0 Å². The third kappa shape index (κ3) is 2.79. The summed E-state index contributed by atoms with van der Waals surface area (Å²) in [4.78, 5) is 17.5. The number of ketones is 1. The average Bonchev–Trinajstić information content (AvgIpc) is 2.33. The molecule has 1 aliphatic rings. The van der Waals surface area contributed by atoms with Gasteiger partial charge in [0.2, 0.25) is 5.88 Å². The number of pyridine rings is 1. The van der Waals surface area contributed by atoms with E-state index in [0.29, 0.717) is 24.5 Å². The summed E-state index contributed by atoms with van der Waals surface area (Å²) in [7, 11) is 1.61. The molecule has 0 spiro atoms. The zero-order chi connectivity index (χ0) is 11.4. The standard InChI is InChI=1S/C12H16N2O2/c1-16-12-3-2-10(8-13-12)9-14-6-4-11(15)5-7-14/h2-3,8H,4-7,9H2,1H3. The van der Waals surface area contributed by atoms with Crippen LogP contribution in [0.25, 0.3) is 0 Å².